The van der Waals surface area contributed by atoms with Crippen LogP contribution in [0.1, 0.15) is 23.1 Å². The summed E-state index contributed by atoms with van der Waals surface area (Å²) in [6.07, 6.45) is -4.97. The maximum atomic E-state index is 13.1. The first-order valence-electron chi connectivity index (χ1n) is 10.2. The number of ether oxygens (including phenoxy) is 2. The number of alkyl halides is 3. The lowest BCUT2D eigenvalue weighted by Gasteiger charge is -2.24. The number of carbonyl (C=O) groups is 2. The van der Waals surface area contributed by atoms with E-state index in [1.807, 2.05) is 0 Å². The van der Waals surface area contributed by atoms with Crippen molar-refractivity contribution in [3.05, 3.63) is 81.2 Å². The molecule has 7 nitrogen and oxygen atoms in total. The maximum Gasteiger partial charge on any atom is 0.573 e. The number of amides is 1. The Bertz CT molecular complexity index is 1380. The Kier molecular flexibility index (Phi) is 6.68. The van der Waals surface area contributed by atoms with Crippen molar-refractivity contribution in [3.8, 4) is 11.5 Å². The van der Waals surface area contributed by atoms with E-state index in [1.165, 1.54) is 37.4 Å². The largest absolute Gasteiger partial charge is 0.573 e. The lowest BCUT2D eigenvalue weighted by Crippen LogP contribution is -2.29. The Labute approximate surface area is 212 Å². The number of ketones is 1. The molecule has 2 aromatic carbocycles. The van der Waals surface area contributed by atoms with Gasteiger partial charge in [-0.3, -0.25) is 14.5 Å². The van der Waals surface area contributed by atoms with E-state index in [0.29, 0.717) is 5.76 Å². The van der Waals surface area contributed by atoms with Crippen molar-refractivity contribution in [3.63, 3.8) is 0 Å². The molecular weight excluding hydrogens is 526 g/mol. The molecule has 188 valence electrons. The zero-order valence-corrected chi connectivity index (χ0v) is 20.0. The number of methoxy groups -OCH3 is 1. The molecular formula is C24H16Cl2F3NO6. The number of aliphatic hydroxyl groups is 1. The summed E-state index contributed by atoms with van der Waals surface area (Å²) in [4.78, 5) is 27.2. The van der Waals surface area contributed by atoms with Gasteiger partial charge in [-0.1, -0.05) is 29.3 Å². The number of furan rings is 1. The van der Waals surface area contributed by atoms with Gasteiger partial charge >= 0.3 is 6.36 Å². The molecule has 2 heterocycles. The highest BCUT2D eigenvalue weighted by atomic mass is 35.5. The molecule has 12 heteroatoms. The third-order valence-corrected chi connectivity index (χ3v) is 5.84. The van der Waals surface area contributed by atoms with Gasteiger partial charge in [0.25, 0.3) is 11.7 Å². The van der Waals surface area contributed by atoms with Crippen LogP contribution in [0.3, 0.4) is 0 Å². The molecule has 0 spiro atoms. The molecule has 0 radical (unpaired) electrons. The van der Waals surface area contributed by atoms with Crippen LogP contribution < -0.4 is 14.4 Å². The third kappa shape index (κ3) is 4.74. The van der Waals surface area contributed by atoms with Gasteiger partial charge in [-0.2, -0.15) is 0 Å². The first-order valence-corrected chi connectivity index (χ1v) is 10.9. The average molecular weight is 542 g/mol. The first kappa shape index (κ1) is 25.5. The van der Waals surface area contributed by atoms with Gasteiger partial charge < -0.3 is 19.0 Å². The van der Waals surface area contributed by atoms with Crippen LogP contribution in [-0.4, -0.2) is 30.3 Å². The van der Waals surface area contributed by atoms with Crippen LogP contribution in [0.25, 0.3) is 5.76 Å². The third-order valence-electron chi connectivity index (χ3n) is 5.28. The Balaban J connectivity index is 1.91. The highest BCUT2D eigenvalue weighted by Crippen LogP contribution is 2.44. The number of anilines is 1. The molecule has 4 rings (SSSR count). The van der Waals surface area contributed by atoms with Gasteiger partial charge in [-0.25, -0.2) is 0 Å². The van der Waals surface area contributed by atoms with E-state index >= 15 is 0 Å². The van der Waals surface area contributed by atoms with Crippen molar-refractivity contribution in [1.29, 1.82) is 0 Å². The van der Waals surface area contributed by atoms with Gasteiger partial charge in [0.2, 0.25) is 0 Å². The molecule has 1 aliphatic rings. The summed E-state index contributed by atoms with van der Waals surface area (Å²) >= 11 is 12.3. The maximum absolute atomic E-state index is 13.1. The van der Waals surface area contributed by atoms with E-state index in [0.717, 1.165) is 17.0 Å². The second kappa shape index (κ2) is 9.44. The van der Waals surface area contributed by atoms with Gasteiger partial charge in [-0.05, 0) is 43.3 Å². The number of rotatable bonds is 5. The van der Waals surface area contributed by atoms with Crippen LogP contribution in [0, 0.1) is 6.92 Å². The number of aryl methyl sites for hydroxylation is 1. The van der Waals surface area contributed by atoms with Crippen LogP contribution in [0.4, 0.5) is 18.9 Å². The van der Waals surface area contributed by atoms with Gasteiger partial charge in [0.15, 0.2) is 5.75 Å². The van der Waals surface area contributed by atoms with Crippen molar-refractivity contribution in [2.75, 3.05) is 12.0 Å². The van der Waals surface area contributed by atoms with E-state index in [-0.39, 0.29) is 38.4 Å². The molecule has 0 saturated carbocycles. The molecule has 1 aliphatic heterocycles. The average Bonchev–Trinajstić information content (AvgIpc) is 3.33. The second-order valence-corrected chi connectivity index (χ2v) is 8.45. The Hall–Kier alpha value is -3.63. The zero-order valence-electron chi connectivity index (χ0n) is 18.5. The molecule has 0 bridgehead atoms. The number of carbonyl (C=O) groups excluding carboxylic acids is 2. The highest BCUT2D eigenvalue weighted by Gasteiger charge is 2.48. The van der Waals surface area contributed by atoms with E-state index in [9.17, 15) is 27.9 Å². The smallest absolute Gasteiger partial charge is 0.507 e. The SMILES string of the molecule is COc1c(Cl)cc(/C(O)=C2/C(=O)C(=O)N(c3cccc(OC(F)(F)F)c3)C2c2ccc(C)o2)cc1Cl. The van der Waals surface area contributed by atoms with E-state index in [2.05, 4.69) is 4.74 Å². The molecule has 1 atom stereocenters. The van der Waals surface area contributed by atoms with Gasteiger partial charge in [0, 0.05) is 17.3 Å². The number of Topliss-reactive ketones (excluding diaryl/α,β-unsaturated/α-hetero) is 1. The normalized spacial score (nSPS) is 17.5. The fourth-order valence-corrected chi connectivity index (χ4v) is 4.49. The van der Waals surface area contributed by atoms with Crippen molar-refractivity contribution in [2.24, 2.45) is 0 Å². The summed E-state index contributed by atoms with van der Waals surface area (Å²) < 4.78 is 53.0. The number of aliphatic hydroxyl groups excluding tert-OH is 1. The number of nitrogens with zero attached hydrogens (tertiary/aromatic N) is 1. The Morgan fingerprint density at radius 3 is 2.31 bits per heavy atom. The van der Waals surface area contributed by atoms with Crippen LogP contribution in [0.5, 0.6) is 11.5 Å². The summed E-state index contributed by atoms with van der Waals surface area (Å²) in [5.41, 5.74) is -0.470. The highest BCUT2D eigenvalue weighted by molar-refractivity contribution is 6.51. The molecule has 0 aliphatic carbocycles. The van der Waals surface area contributed by atoms with Crippen LogP contribution in [0.15, 0.2) is 58.5 Å². The van der Waals surface area contributed by atoms with Gasteiger partial charge in [-0.15, -0.1) is 13.2 Å². The zero-order chi connectivity index (χ0) is 26.4. The van der Waals surface area contributed by atoms with Gasteiger partial charge in [0.05, 0.1) is 22.7 Å². The van der Waals surface area contributed by atoms with Crippen LogP contribution in [-0.2, 0) is 9.59 Å². The first-order chi connectivity index (χ1) is 16.9. The molecule has 1 amide bonds. The summed E-state index contributed by atoms with van der Waals surface area (Å²) in [5, 5.41) is 11.2. The lowest BCUT2D eigenvalue weighted by atomic mass is 9.99. The fourth-order valence-electron chi connectivity index (χ4n) is 3.85. The van der Waals surface area contributed by atoms with Crippen molar-refractivity contribution >= 4 is 46.3 Å². The standard InChI is InChI=1S/C24H16Cl2F3NO6/c1-11-6-7-17(35-11)19-18(20(31)12-8-15(25)22(34-2)16(26)9-12)21(32)23(33)30(19)13-4-3-5-14(10-13)36-24(27,28)29/h3-10,19,31H,1-2H3/b20-18-. The number of benzene rings is 2. The van der Waals surface area contributed by atoms with Crippen molar-refractivity contribution in [2.45, 2.75) is 19.3 Å². The van der Waals surface area contributed by atoms with Crippen molar-refractivity contribution < 1.29 is 41.8 Å². The minimum atomic E-state index is -4.97. The van der Waals surface area contributed by atoms with Gasteiger partial charge in [0.1, 0.15) is 29.1 Å². The summed E-state index contributed by atoms with van der Waals surface area (Å²) in [6.45, 7) is 1.62. The Morgan fingerprint density at radius 2 is 1.75 bits per heavy atom. The monoisotopic (exact) mass is 541 g/mol. The second-order valence-electron chi connectivity index (χ2n) is 7.64. The molecule has 1 aromatic heterocycles. The minimum Gasteiger partial charge on any atom is -0.507 e. The number of hydrogen-bond donors (Lipinski definition) is 1. The van der Waals surface area contributed by atoms with E-state index in [1.54, 1.807) is 13.0 Å². The van der Waals surface area contributed by atoms with Crippen LogP contribution in [0.2, 0.25) is 10.0 Å². The summed E-state index contributed by atoms with van der Waals surface area (Å²) in [7, 11) is 1.34. The Morgan fingerprint density at radius 1 is 1.08 bits per heavy atom. The molecule has 3 aromatic rings. The molecule has 36 heavy (non-hydrogen) atoms. The summed E-state index contributed by atoms with van der Waals surface area (Å²) in [5.74, 6) is -2.78. The summed E-state index contributed by atoms with van der Waals surface area (Å²) in [6, 6.07) is 8.84. The number of halogens is 5. The topological polar surface area (TPSA) is 89.2 Å². The lowest BCUT2D eigenvalue weighted by molar-refractivity contribution is -0.274. The van der Waals surface area contributed by atoms with E-state index in [4.69, 9.17) is 32.4 Å². The minimum absolute atomic E-state index is 0.00577. The van der Waals surface area contributed by atoms with E-state index < -0.39 is 35.6 Å². The predicted octanol–water partition coefficient (Wildman–Crippen LogP) is 6.43. The predicted molar refractivity (Wildman–Crippen MR) is 124 cm³/mol. The fraction of sp³-hybridized carbons (Fsp3) is 0.167. The molecule has 1 fully saturated rings. The molecule has 1 saturated heterocycles. The van der Waals surface area contributed by atoms with Crippen LogP contribution >= 0.6 is 23.2 Å². The molecule has 1 N–H and O–H groups in total. The molecule has 1 unspecified atom stereocenters. The number of hydrogen-bond acceptors (Lipinski definition) is 6. The van der Waals surface area contributed by atoms with Crippen molar-refractivity contribution in [1.82, 2.24) is 0 Å². The quantitative estimate of drug-likeness (QED) is 0.227.